The van der Waals surface area contributed by atoms with E-state index in [2.05, 4.69) is 20.9 Å². The fourth-order valence-corrected chi connectivity index (χ4v) is 2.95. The van der Waals surface area contributed by atoms with Crippen molar-refractivity contribution < 1.29 is 18.7 Å². The highest BCUT2D eigenvalue weighted by molar-refractivity contribution is 9.10. The number of ether oxygens (including phenoxy) is 2. The lowest BCUT2D eigenvalue weighted by Crippen LogP contribution is -2.05. The van der Waals surface area contributed by atoms with Gasteiger partial charge in [0, 0.05) is 10.0 Å². The predicted octanol–water partition coefficient (Wildman–Crippen LogP) is 5.51. The normalized spacial score (nSPS) is 14.6. The lowest BCUT2D eigenvalue weighted by atomic mass is 10.2. The van der Waals surface area contributed by atoms with E-state index in [0.717, 1.165) is 21.2 Å². The van der Waals surface area contributed by atoms with E-state index in [1.165, 1.54) is 12.1 Å². The molecule has 4 nitrogen and oxygen atoms in total. The van der Waals surface area contributed by atoms with E-state index >= 15 is 0 Å². The number of carbonyl (C=O) groups excluding carboxylic acids is 1. The summed E-state index contributed by atoms with van der Waals surface area (Å²) in [6, 6.07) is 20.8. The third kappa shape index (κ3) is 4.78. The van der Waals surface area contributed by atoms with E-state index in [1.807, 2.05) is 36.4 Å². The molecule has 3 aromatic carbocycles. The van der Waals surface area contributed by atoms with Gasteiger partial charge in [0.2, 0.25) is 5.90 Å². The summed E-state index contributed by atoms with van der Waals surface area (Å²) in [6.45, 7) is 0.341. The standard InChI is InChI=1S/C23H15BrFNO3/c24-18-7-5-17(6-8-18)22-26-21(23(27)29-22)13-15-3-11-20(12-4-15)28-14-16-1-9-19(25)10-2-16/h1-13H,14H2/b21-13-. The van der Waals surface area contributed by atoms with Crippen LogP contribution in [0.3, 0.4) is 0 Å². The van der Waals surface area contributed by atoms with Gasteiger partial charge in [-0.05, 0) is 65.7 Å². The van der Waals surface area contributed by atoms with Crippen molar-refractivity contribution in [3.05, 3.63) is 105 Å². The van der Waals surface area contributed by atoms with Gasteiger partial charge in [0.15, 0.2) is 5.70 Å². The molecule has 0 N–H and O–H groups in total. The van der Waals surface area contributed by atoms with Crippen LogP contribution in [0, 0.1) is 5.82 Å². The molecule has 1 aliphatic heterocycles. The number of carbonyl (C=O) groups is 1. The fourth-order valence-electron chi connectivity index (χ4n) is 2.69. The maximum Gasteiger partial charge on any atom is 0.363 e. The van der Waals surface area contributed by atoms with Crippen LogP contribution in [-0.2, 0) is 16.1 Å². The highest BCUT2D eigenvalue weighted by Gasteiger charge is 2.24. The Balaban J connectivity index is 1.44. The van der Waals surface area contributed by atoms with Crippen molar-refractivity contribution in [2.45, 2.75) is 6.61 Å². The molecule has 1 aliphatic rings. The van der Waals surface area contributed by atoms with Gasteiger partial charge in [-0.25, -0.2) is 14.2 Å². The highest BCUT2D eigenvalue weighted by atomic mass is 79.9. The van der Waals surface area contributed by atoms with Crippen molar-refractivity contribution in [1.82, 2.24) is 0 Å². The molecule has 4 rings (SSSR count). The van der Waals surface area contributed by atoms with Gasteiger partial charge in [0.25, 0.3) is 0 Å². The molecule has 0 bridgehead atoms. The third-order valence-electron chi connectivity index (χ3n) is 4.21. The van der Waals surface area contributed by atoms with Crippen molar-refractivity contribution in [1.29, 1.82) is 0 Å². The van der Waals surface area contributed by atoms with Crippen LogP contribution in [-0.4, -0.2) is 11.9 Å². The van der Waals surface area contributed by atoms with Crippen molar-refractivity contribution in [3.63, 3.8) is 0 Å². The van der Waals surface area contributed by atoms with Crippen LogP contribution < -0.4 is 4.74 Å². The molecule has 0 aromatic heterocycles. The molecule has 0 spiro atoms. The average molecular weight is 452 g/mol. The van der Waals surface area contributed by atoms with Crippen LogP contribution in [0.15, 0.2) is 88.0 Å². The monoisotopic (exact) mass is 451 g/mol. The second-order valence-electron chi connectivity index (χ2n) is 6.33. The number of esters is 1. The smallest absolute Gasteiger partial charge is 0.363 e. The average Bonchev–Trinajstić information content (AvgIpc) is 3.09. The van der Waals surface area contributed by atoms with Crippen molar-refractivity contribution >= 4 is 33.9 Å². The molecule has 0 atom stereocenters. The second kappa shape index (κ2) is 8.41. The van der Waals surface area contributed by atoms with E-state index in [9.17, 15) is 9.18 Å². The van der Waals surface area contributed by atoms with Gasteiger partial charge in [-0.2, -0.15) is 0 Å². The zero-order valence-corrected chi connectivity index (χ0v) is 16.7. The summed E-state index contributed by atoms with van der Waals surface area (Å²) in [7, 11) is 0. The number of benzene rings is 3. The molecule has 0 unspecified atom stereocenters. The van der Waals surface area contributed by atoms with Gasteiger partial charge in [0.1, 0.15) is 18.2 Å². The Labute approximate surface area is 175 Å². The van der Waals surface area contributed by atoms with Crippen LogP contribution in [0.25, 0.3) is 6.08 Å². The van der Waals surface area contributed by atoms with Crippen molar-refractivity contribution in [3.8, 4) is 5.75 Å². The highest BCUT2D eigenvalue weighted by Crippen LogP contribution is 2.22. The molecule has 0 saturated carbocycles. The first-order valence-corrected chi connectivity index (χ1v) is 9.62. The Bertz CT molecular complexity index is 1090. The van der Waals surface area contributed by atoms with Crippen LogP contribution in [0.4, 0.5) is 4.39 Å². The molecule has 6 heteroatoms. The van der Waals surface area contributed by atoms with E-state index in [1.54, 1.807) is 30.3 Å². The lowest BCUT2D eigenvalue weighted by Gasteiger charge is -2.06. The Morgan fingerprint density at radius 3 is 2.34 bits per heavy atom. The van der Waals surface area contributed by atoms with Crippen LogP contribution >= 0.6 is 15.9 Å². The number of halogens is 2. The summed E-state index contributed by atoms with van der Waals surface area (Å²) in [5, 5.41) is 0. The van der Waals surface area contributed by atoms with Crippen LogP contribution in [0.5, 0.6) is 5.75 Å². The Morgan fingerprint density at radius 1 is 0.966 bits per heavy atom. The first kappa shape index (κ1) is 19.1. The number of hydrogen-bond donors (Lipinski definition) is 0. The molecule has 0 amide bonds. The quantitative estimate of drug-likeness (QED) is 0.379. The Morgan fingerprint density at radius 2 is 1.66 bits per heavy atom. The van der Waals surface area contributed by atoms with E-state index in [4.69, 9.17) is 9.47 Å². The Hall–Kier alpha value is -3.25. The largest absolute Gasteiger partial charge is 0.489 e. The summed E-state index contributed by atoms with van der Waals surface area (Å²) >= 11 is 3.37. The van der Waals surface area contributed by atoms with Crippen molar-refractivity contribution in [2.75, 3.05) is 0 Å². The lowest BCUT2D eigenvalue weighted by molar-refractivity contribution is -0.129. The van der Waals surface area contributed by atoms with Gasteiger partial charge in [0.05, 0.1) is 0 Å². The molecular weight excluding hydrogens is 437 g/mol. The molecule has 29 heavy (non-hydrogen) atoms. The molecule has 144 valence electrons. The van der Waals surface area contributed by atoms with Gasteiger partial charge in [-0.1, -0.05) is 40.2 Å². The molecule has 3 aromatic rings. The predicted molar refractivity (Wildman–Crippen MR) is 112 cm³/mol. The molecule has 0 saturated heterocycles. The molecule has 0 fully saturated rings. The van der Waals surface area contributed by atoms with Gasteiger partial charge in [-0.15, -0.1) is 0 Å². The SMILES string of the molecule is O=C1OC(c2ccc(Br)cc2)=N/C1=C\c1ccc(OCc2ccc(F)cc2)cc1. The molecule has 0 radical (unpaired) electrons. The van der Waals surface area contributed by atoms with Crippen molar-refractivity contribution in [2.24, 2.45) is 4.99 Å². The minimum absolute atomic E-state index is 0.239. The van der Waals surface area contributed by atoms with Gasteiger partial charge in [-0.3, -0.25) is 0 Å². The minimum atomic E-state index is -0.487. The topological polar surface area (TPSA) is 47.9 Å². The number of rotatable bonds is 5. The zero-order valence-electron chi connectivity index (χ0n) is 15.1. The third-order valence-corrected chi connectivity index (χ3v) is 4.74. The number of hydrogen-bond acceptors (Lipinski definition) is 4. The molecule has 0 aliphatic carbocycles. The first-order chi connectivity index (χ1) is 14.1. The minimum Gasteiger partial charge on any atom is -0.489 e. The van der Waals surface area contributed by atoms with E-state index in [-0.39, 0.29) is 17.4 Å². The number of cyclic esters (lactones) is 1. The summed E-state index contributed by atoms with van der Waals surface area (Å²) in [5.41, 5.74) is 2.64. The maximum absolute atomic E-state index is 12.9. The fraction of sp³-hybridized carbons (Fsp3) is 0.0435. The number of nitrogens with zero attached hydrogens (tertiary/aromatic N) is 1. The van der Waals surface area contributed by atoms with Gasteiger partial charge >= 0.3 is 5.97 Å². The summed E-state index contributed by atoms with van der Waals surface area (Å²) in [4.78, 5) is 16.4. The summed E-state index contributed by atoms with van der Waals surface area (Å²) < 4.78 is 24.8. The maximum atomic E-state index is 12.9. The molecular formula is C23H15BrFNO3. The first-order valence-electron chi connectivity index (χ1n) is 8.83. The Kier molecular flexibility index (Phi) is 5.53. The molecule has 1 heterocycles. The van der Waals surface area contributed by atoms with Crippen LogP contribution in [0.2, 0.25) is 0 Å². The second-order valence-corrected chi connectivity index (χ2v) is 7.24. The summed E-state index contributed by atoms with van der Waals surface area (Å²) in [6.07, 6.45) is 1.66. The summed E-state index contributed by atoms with van der Waals surface area (Å²) in [5.74, 6) is 0.194. The zero-order chi connectivity index (χ0) is 20.2. The van der Waals surface area contributed by atoms with E-state index < -0.39 is 5.97 Å². The van der Waals surface area contributed by atoms with Crippen LogP contribution in [0.1, 0.15) is 16.7 Å². The van der Waals surface area contributed by atoms with E-state index in [0.29, 0.717) is 12.4 Å². The number of aliphatic imine (C=N–C) groups is 1. The van der Waals surface area contributed by atoms with Gasteiger partial charge < -0.3 is 9.47 Å².